The minimum atomic E-state index is -0.724. The number of aliphatic hydroxyl groups is 2. The molecule has 0 saturated carbocycles. The zero-order valence-electron chi connectivity index (χ0n) is 8.55. The molecule has 0 aromatic heterocycles. The average molecular weight is 238 g/mol. The van der Waals surface area contributed by atoms with E-state index in [-0.39, 0.29) is 17.3 Å². The van der Waals surface area contributed by atoms with Crippen LogP contribution in [0.2, 0.25) is 0 Å². The lowest BCUT2D eigenvalue weighted by Gasteiger charge is -2.23. The molecular formula is C9H18O3S2. The van der Waals surface area contributed by atoms with Gasteiger partial charge in [-0.25, -0.2) is 0 Å². The van der Waals surface area contributed by atoms with Crippen LogP contribution in [0, 0.1) is 0 Å². The highest BCUT2D eigenvalue weighted by Crippen LogP contribution is 2.33. The van der Waals surface area contributed by atoms with E-state index >= 15 is 0 Å². The first-order valence-electron chi connectivity index (χ1n) is 4.91. The summed E-state index contributed by atoms with van der Waals surface area (Å²) in [5.41, 5.74) is 0. The Kier molecular flexibility index (Phi) is 5.62. The first-order valence-corrected chi connectivity index (χ1v) is 7.01. The van der Waals surface area contributed by atoms with E-state index in [1.165, 1.54) is 0 Å². The Balaban J connectivity index is 2.50. The SMILES string of the molecule is CCSC(SCC)[C@H]1OC[C@@H](O)[C@@H]1O. The van der Waals surface area contributed by atoms with Crippen molar-refractivity contribution in [3.63, 3.8) is 0 Å². The van der Waals surface area contributed by atoms with Crippen LogP contribution in [-0.4, -0.2) is 51.2 Å². The van der Waals surface area contributed by atoms with Gasteiger partial charge in [-0.15, -0.1) is 23.5 Å². The molecule has 1 fully saturated rings. The summed E-state index contributed by atoms with van der Waals surface area (Å²) in [6.07, 6.45) is -1.66. The van der Waals surface area contributed by atoms with Crippen molar-refractivity contribution in [1.29, 1.82) is 0 Å². The first kappa shape index (κ1) is 12.6. The van der Waals surface area contributed by atoms with Gasteiger partial charge in [0, 0.05) is 0 Å². The Hall–Kier alpha value is 0.580. The van der Waals surface area contributed by atoms with Gasteiger partial charge in [0.05, 0.1) is 11.2 Å². The minimum Gasteiger partial charge on any atom is -0.388 e. The molecule has 84 valence electrons. The fraction of sp³-hybridized carbons (Fsp3) is 1.00. The molecule has 0 amide bonds. The molecule has 1 heterocycles. The summed E-state index contributed by atoms with van der Waals surface area (Å²) in [6, 6.07) is 0. The summed E-state index contributed by atoms with van der Waals surface area (Å²) < 4.78 is 5.64. The van der Waals surface area contributed by atoms with Crippen LogP contribution >= 0.6 is 23.5 Å². The molecule has 3 nitrogen and oxygen atoms in total. The molecule has 0 aromatic rings. The Morgan fingerprint density at radius 3 is 2.21 bits per heavy atom. The van der Waals surface area contributed by atoms with Crippen LogP contribution < -0.4 is 0 Å². The van der Waals surface area contributed by atoms with Gasteiger partial charge >= 0.3 is 0 Å². The minimum absolute atomic E-state index is 0.222. The van der Waals surface area contributed by atoms with Crippen molar-refractivity contribution in [2.75, 3.05) is 18.1 Å². The van der Waals surface area contributed by atoms with Crippen LogP contribution in [0.4, 0.5) is 0 Å². The second-order valence-corrected chi connectivity index (χ2v) is 6.27. The molecule has 0 radical (unpaired) electrons. The third-order valence-electron chi connectivity index (χ3n) is 2.12. The number of ether oxygens (including phenoxy) is 1. The highest BCUT2D eigenvalue weighted by atomic mass is 32.2. The fourth-order valence-corrected chi connectivity index (χ4v) is 4.15. The molecule has 1 saturated heterocycles. The van der Waals surface area contributed by atoms with E-state index in [4.69, 9.17) is 4.74 Å². The highest BCUT2D eigenvalue weighted by Gasteiger charge is 2.39. The third kappa shape index (κ3) is 3.03. The van der Waals surface area contributed by atoms with E-state index in [1.54, 1.807) is 23.5 Å². The summed E-state index contributed by atoms with van der Waals surface area (Å²) in [7, 11) is 0. The standard InChI is InChI=1S/C9H18O3S2/c1-3-13-9(14-4-2)8-7(11)6(10)5-12-8/h6-11H,3-5H2,1-2H3/t6-,7+,8+/m1/s1. The lowest BCUT2D eigenvalue weighted by molar-refractivity contribution is 0.0308. The van der Waals surface area contributed by atoms with Gasteiger partial charge < -0.3 is 14.9 Å². The molecule has 3 atom stereocenters. The largest absolute Gasteiger partial charge is 0.388 e. The Morgan fingerprint density at radius 1 is 1.29 bits per heavy atom. The molecule has 2 N–H and O–H groups in total. The maximum absolute atomic E-state index is 9.68. The smallest absolute Gasteiger partial charge is 0.110 e. The molecule has 0 aliphatic carbocycles. The molecule has 0 bridgehead atoms. The summed E-state index contributed by atoms with van der Waals surface area (Å²) in [5.74, 6) is 2.00. The quantitative estimate of drug-likeness (QED) is 0.698. The van der Waals surface area contributed by atoms with Crippen molar-refractivity contribution in [2.45, 2.75) is 36.7 Å². The predicted molar refractivity (Wildman–Crippen MR) is 61.8 cm³/mol. The summed E-state index contributed by atoms with van der Waals surface area (Å²) >= 11 is 3.54. The molecule has 0 spiro atoms. The van der Waals surface area contributed by atoms with E-state index < -0.39 is 12.2 Å². The van der Waals surface area contributed by atoms with Gasteiger partial charge in [-0.1, -0.05) is 13.8 Å². The normalized spacial score (nSPS) is 32.8. The first-order chi connectivity index (χ1) is 6.70. The van der Waals surface area contributed by atoms with Crippen LogP contribution in [0.25, 0.3) is 0 Å². The van der Waals surface area contributed by atoms with Crippen molar-refractivity contribution < 1.29 is 14.9 Å². The van der Waals surface area contributed by atoms with E-state index in [0.717, 1.165) is 11.5 Å². The van der Waals surface area contributed by atoms with Gasteiger partial charge in [0.1, 0.15) is 18.3 Å². The third-order valence-corrected chi connectivity index (χ3v) is 4.80. The highest BCUT2D eigenvalue weighted by molar-refractivity contribution is 8.17. The second-order valence-electron chi connectivity index (χ2n) is 3.13. The van der Waals surface area contributed by atoms with E-state index in [9.17, 15) is 10.2 Å². The molecule has 0 aromatic carbocycles. The van der Waals surface area contributed by atoms with Gasteiger partial charge in [-0.05, 0) is 11.5 Å². The Labute approximate surface area is 93.6 Å². The van der Waals surface area contributed by atoms with Crippen molar-refractivity contribution in [2.24, 2.45) is 0 Å². The van der Waals surface area contributed by atoms with E-state index in [1.807, 2.05) is 0 Å². The van der Waals surface area contributed by atoms with Crippen molar-refractivity contribution in [1.82, 2.24) is 0 Å². The van der Waals surface area contributed by atoms with Gasteiger partial charge in [0.15, 0.2) is 0 Å². The Bertz CT molecular complexity index is 162. The number of thioether (sulfide) groups is 2. The van der Waals surface area contributed by atoms with E-state index in [2.05, 4.69) is 13.8 Å². The maximum Gasteiger partial charge on any atom is 0.110 e. The number of rotatable bonds is 5. The van der Waals surface area contributed by atoms with Crippen LogP contribution in [0.1, 0.15) is 13.8 Å². The van der Waals surface area contributed by atoms with Crippen molar-refractivity contribution in [3.05, 3.63) is 0 Å². The predicted octanol–water partition coefficient (Wildman–Crippen LogP) is 0.939. The number of aliphatic hydroxyl groups excluding tert-OH is 2. The Morgan fingerprint density at radius 2 is 1.86 bits per heavy atom. The van der Waals surface area contributed by atoms with Crippen LogP contribution in [0.15, 0.2) is 0 Å². The molecule has 1 aliphatic rings. The molecule has 1 rings (SSSR count). The molecule has 14 heavy (non-hydrogen) atoms. The summed E-state index contributed by atoms with van der Waals surface area (Å²) in [5, 5.41) is 19.0. The molecular weight excluding hydrogens is 220 g/mol. The van der Waals surface area contributed by atoms with E-state index in [0.29, 0.717) is 0 Å². The second kappa shape index (κ2) is 6.23. The number of hydrogen-bond acceptors (Lipinski definition) is 5. The maximum atomic E-state index is 9.68. The fourth-order valence-electron chi connectivity index (χ4n) is 1.43. The van der Waals surface area contributed by atoms with Gasteiger partial charge in [-0.2, -0.15) is 0 Å². The van der Waals surface area contributed by atoms with Gasteiger partial charge in [0.25, 0.3) is 0 Å². The summed E-state index contributed by atoms with van der Waals surface area (Å²) in [6.45, 7) is 4.44. The lowest BCUT2D eigenvalue weighted by atomic mass is 10.2. The molecule has 5 heteroatoms. The molecule has 0 unspecified atom stereocenters. The zero-order valence-corrected chi connectivity index (χ0v) is 10.2. The summed E-state index contributed by atoms with van der Waals surface area (Å²) in [4.78, 5) is 0. The average Bonchev–Trinajstić information content (AvgIpc) is 2.48. The van der Waals surface area contributed by atoms with Crippen LogP contribution in [0.3, 0.4) is 0 Å². The lowest BCUT2D eigenvalue weighted by Crippen LogP contribution is -2.35. The van der Waals surface area contributed by atoms with Crippen molar-refractivity contribution in [3.8, 4) is 0 Å². The topological polar surface area (TPSA) is 49.7 Å². The van der Waals surface area contributed by atoms with Crippen LogP contribution in [-0.2, 0) is 4.74 Å². The monoisotopic (exact) mass is 238 g/mol. The number of hydrogen-bond donors (Lipinski definition) is 2. The van der Waals surface area contributed by atoms with Gasteiger partial charge in [0.2, 0.25) is 0 Å². The van der Waals surface area contributed by atoms with Crippen molar-refractivity contribution >= 4 is 23.5 Å². The van der Waals surface area contributed by atoms with Crippen LogP contribution in [0.5, 0.6) is 0 Å². The van der Waals surface area contributed by atoms with Gasteiger partial charge in [-0.3, -0.25) is 0 Å². The zero-order chi connectivity index (χ0) is 10.6. The molecule has 1 aliphatic heterocycles.